The minimum Gasteiger partial charge on any atom is -0.290 e. The quantitative estimate of drug-likeness (QED) is 0.519. The van der Waals surface area contributed by atoms with E-state index in [1.165, 1.54) is 16.7 Å². The van der Waals surface area contributed by atoms with Gasteiger partial charge < -0.3 is 0 Å². The fraction of sp³-hybridized carbons (Fsp3) is 0.333. The third-order valence-corrected chi connectivity index (χ3v) is 8.24. The zero-order valence-corrected chi connectivity index (χ0v) is 19.9. The van der Waals surface area contributed by atoms with Crippen molar-refractivity contribution in [1.29, 1.82) is 0 Å². The molecule has 3 aromatic carbocycles. The average Bonchev–Trinajstić information content (AvgIpc) is 2.81. The van der Waals surface area contributed by atoms with E-state index in [1.807, 2.05) is 18.2 Å². The molecule has 3 aromatic rings. The summed E-state index contributed by atoms with van der Waals surface area (Å²) in [6.45, 7) is 8.68. The van der Waals surface area contributed by atoms with E-state index >= 15 is 0 Å². The van der Waals surface area contributed by atoms with E-state index in [2.05, 4.69) is 74.2 Å². The van der Waals surface area contributed by atoms with Crippen LogP contribution in [0.5, 0.6) is 0 Å². The van der Waals surface area contributed by atoms with Gasteiger partial charge in [0.2, 0.25) is 10.0 Å². The maximum absolute atomic E-state index is 13.2. The number of piperazine rings is 1. The molecule has 1 aliphatic rings. The molecular weight excluding hydrogens is 416 g/mol. The highest BCUT2D eigenvalue weighted by Crippen LogP contribution is 2.31. The molecule has 0 spiro atoms. The summed E-state index contributed by atoms with van der Waals surface area (Å²) in [5, 5.41) is 0. The molecule has 4 nitrogen and oxygen atoms in total. The highest BCUT2D eigenvalue weighted by Gasteiger charge is 2.32. The van der Waals surface area contributed by atoms with Gasteiger partial charge in [0.15, 0.2) is 0 Å². The van der Waals surface area contributed by atoms with Gasteiger partial charge in [0, 0.05) is 26.2 Å². The average molecular weight is 449 g/mol. The Kier molecular flexibility index (Phi) is 6.79. The molecule has 0 saturated carbocycles. The fourth-order valence-corrected chi connectivity index (χ4v) is 5.80. The summed E-state index contributed by atoms with van der Waals surface area (Å²) >= 11 is 0. The van der Waals surface area contributed by atoms with E-state index < -0.39 is 10.0 Å². The first-order chi connectivity index (χ1) is 15.4. The number of nitrogens with zero attached hydrogens (tertiary/aromatic N) is 2. The monoisotopic (exact) mass is 448 g/mol. The van der Waals surface area contributed by atoms with Crippen LogP contribution in [-0.2, 0) is 10.0 Å². The Labute approximate surface area is 192 Å². The maximum Gasteiger partial charge on any atom is 0.243 e. The van der Waals surface area contributed by atoms with Crippen molar-refractivity contribution in [3.8, 4) is 0 Å². The van der Waals surface area contributed by atoms with Crippen LogP contribution in [0, 0.1) is 6.92 Å². The van der Waals surface area contributed by atoms with E-state index in [1.54, 1.807) is 16.4 Å². The molecular formula is C27H32N2O2S. The Balaban J connectivity index is 1.53. The van der Waals surface area contributed by atoms with Crippen LogP contribution in [-0.4, -0.2) is 43.8 Å². The summed E-state index contributed by atoms with van der Waals surface area (Å²) in [4.78, 5) is 2.78. The van der Waals surface area contributed by atoms with Crippen molar-refractivity contribution >= 4 is 10.0 Å². The lowest BCUT2D eigenvalue weighted by Gasteiger charge is -2.39. The van der Waals surface area contributed by atoms with Gasteiger partial charge in [-0.05, 0) is 41.7 Å². The van der Waals surface area contributed by atoms with Gasteiger partial charge in [-0.2, -0.15) is 4.31 Å². The molecule has 1 atom stereocenters. The molecule has 1 saturated heterocycles. The van der Waals surface area contributed by atoms with E-state index in [0.29, 0.717) is 37.0 Å². The summed E-state index contributed by atoms with van der Waals surface area (Å²) in [6.07, 6.45) is 0. The fourth-order valence-electron chi connectivity index (χ4n) is 4.37. The van der Waals surface area contributed by atoms with Crippen molar-refractivity contribution in [2.75, 3.05) is 26.2 Å². The molecule has 0 N–H and O–H groups in total. The first kappa shape index (κ1) is 22.7. The van der Waals surface area contributed by atoms with Crippen molar-refractivity contribution in [2.45, 2.75) is 37.6 Å². The number of hydrogen-bond donors (Lipinski definition) is 0. The van der Waals surface area contributed by atoms with Crippen LogP contribution in [0.1, 0.15) is 48.1 Å². The molecule has 0 aromatic heterocycles. The van der Waals surface area contributed by atoms with Crippen LogP contribution in [0.2, 0.25) is 0 Å². The molecule has 32 heavy (non-hydrogen) atoms. The first-order valence-corrected chi connectivity index (χ1v) is 12.8. The van der Waals surface area contributed by atoms with E-state index in [0.717, 1.165) is 5.56 Å². The minimum atomic E-state index is -3.48. The summed E-state index contributed by atoms with van der Waals surface area (Å²) in [5.41, 5.74) is 4.86. The van der Waals surface area contributed by atoms with Crippen molar-refractivity contribution in [1.82, 2.24) is 9.21 Å². The topological polar surface area (TPSA) is 40.6 Å². The Bertz CT molecular complexity index is 1120. The van der Waals surface area contributed by atoms with Crippen LogP contribution in [0.25, 0.3) is 0 Å². The minimum absolute atomic E-state index is 0.118. The first-order valence-electron chi connectivity index (χ1n) is 11.3. The zero-order valence-electron chi connectivity index (χ0n) is 19.1. The van der Waals surface area contributed by atoms with Crippen molar-refractivity contribution < 1.29 is 8.42 Å². The largest absolute Gasteiger partial charge is 0.290 e. The Hall–Kier alpha value is -2.47. The van der Waals surface area contributed by atoms with Crippen LogP contribution < -0.4 is 0 Å². The molecule has 0 bridgehead atoms. The second kappa shape index (κ2) is 9.57. The number of sulfonamides is 1. The Morgan fingerprint density at radius 3 is 1.78 bits per heavy atom. The van der Waals surface area contributed by atoms with Crippen LogP contribution in [0.4, 0.5) is 0 Å². The number of rotatable bonds is 6. The summed E-state index contributed by atoms with van der Waals surface area (Å²) < 4.78 is 28.1. The third-order valence-electron chi connectivity index (χ3n) is 6.33. The molecule has 1 fully saturated rings. The normalized spacial score (nSPS) is 16.9. The predicted molar refractivity (Wildman–Crippen MR) is 130 cm³/mol. The Morgan fingerprint density at radius 2 is 1.22 bits per heavy atom. The predicted octanol–water partition coefficient (Wildman–Crippen LogP) is 5.21. The lowest BCUT2D eigenvalue weighted by molar-refractivity contribution is 0.156. The lowest BCUT2D eigenvalue weighted by atomic mass is 9.96. The van der Waals surface area contributed by atoms with Gasteiger partial charge in [-0.3, -0.25) is 4.90 Å². The zero-order chi connectivity index (χ0) is 22.7. The van der Waals surface area contributed by atoms with Gasteiger partial charge in [-0.1, -0.05) is 86.1 Å². The summed E-state index contributed by atoms with van der Waals surface area (Å²) in [5.74, 6) is 0.381. The molecule has 5 heteroatoms. The maximum atomic E-state index is 13.2. The molecule has 0 aliphatic carbocycles. The van der Waals surface area contributed by atoms with Crippen molar-refractivity contribution in [2.24, 2.45) is 0 Å². The molecule has 0 radical (unpaired) electrons. The molecule has 1 heterocycles. The van der Waals surface area contributed by atoms with Crippen LogP contribution in [0.15, 0.2) is 83.8 Å². The van der Waals surface area contributed by atoms with E-state index in [4.69, 9.17) is 0 Å². The number of benzene rings is 3. The summed E-state index contributed by atoms with van der Waals surface area (Å²) in [7, 11) is -3.48. The second-order valence-corrected chi connectivity index (χ2v) is 10.8. The molecule has 1 unspecified atom stereocenters. The lowest BCUT2D eigenvalue weighted by Crippen LogP contribution is -2.49. The van der Waals surface area contributed by atoms with Crippen LogP contribution in [0.3, 0.4) is 0 Å². The smallest absolute Gasteiger partial charge is 0.243 e. The van der Waals surface area contributed by atoms with Gasteiger partial charge >= 0.3 is 0 Å². The highest BCUT2D eigenvalue weighted by molar-refractivity contribution is 7.89. The standard InChI is InChI=1S/C27H32N2O2S/c1-21(2)23-13-15-26(16-14-23)32(30,31)29-19-17-28(18-20-29)27(24-7-5-4-6-8-24)25-11-9-22(3)10-12-25/h4-16,21,27H,17-20H2,1-3H3. The SMILES string of the molecule is Cc1ccc(C(c2ccccc2)N2CCN(S(=O)(=O)c3ccc(C(C)C)cc3)CC2)cc1. The summed E-state index contributed by atoms with van der Waals surface area (Å²) in [6, 6.07) is 26.6. The third kappa shape index (κ3) is 4.80. The van der Waals surface area contributed by atoms with Gasteiger partial charge in [-0.15, -0.1) is 0 Å². The van der Waals surface area contributed by atoms with Gasteiger partial charge in [0.05, 0.1) is 10.9 Å². The highest BCUT2D eigenvalue weighted by atomic mass is 32.2. The van der Waals surface area contributed by atoms with Gasteiger partial charge in [0.1, 0.15) is 0 Å². The van der Waals surface area contributed by atoms with Crippen molar-refractivity contribution in [3.05, 3.63) is 101 Å². The number of aryl methyl sites for hydroxylation is 1. The van der Waals surface area contributed by atoms with E-state index in [9.17, 15) is 8.42 Å². The van der Waals surface area contributed by atoms with Crippen molar-refractivity contribution in [3.63, 3.8) is 0 Å². The molecule has 4 rings (SSSR count). The molecule has 1 aliphatic heterocycles. The molecule has 168 valence electrons. The molecule has 0 amide bonds. The van der Waals surface area contributed by atoms with Gasteiger partial charge in [-0.25, -0.2) is 8.42 Å². The second-order valence-electron chi connectivity index (χ2n) is 8.89. The van der Waals surface area contributed by atoms with E-state index in [-0.39, 0.29) is 6.04 Å². The number of hydrogen-bond acceptors (Lipinski definition) is 3. The van der Waals surface area contributed by atoms with Gasteiger partial charge in [0.25, 0.3) is 0 Å². The van der Waals surface area contributed by atoms with Crippen LogP contribution >= 0.6 is 0 Å². The Morgan fingerprint density at radius 1 is 0.688 bits per heavy atom.